The third kappa shape index (κ3) is 1.77. The number of thiophene rings is 1. The average Bonchev–Trinajstić information content (AvgIpc) is 2.30. The number of nitrogens with two attached hydrogens (primary N) is 1. The van der Waals surface area contributed by atoms with Gasteiger partial charge in [-0.25, -0.2) is 0 Å². The Morgan fingerprint density at radius 2 is 2.33 bits per heavy atom. The van der Waals surface area contributed by atoms with Gasteiger partial charge in [-0.1, -0.05) is 13.8 Å². The molecular weight excluding hydrogens is 168 g/mol. The van der Waals surface area contributed by atoms with E-state index in [0.29, 0.717) is 17.2 Å². The Hall–Kier alpha value is -1.01. The zero-order valence-corrected chi connectivity index (χ0v) is 8.11. The summed E-state index contributed by atoms with van der Waals surface area (Å²) in [5.74, 6) is 0.579. The minimum Gasteiger partial charge on any atom is -0.397 e. The lowest BCUT2D eigenvalue weighted by Crippen LogP contribution is -1.94. The van der Waals surface area contributed by atoms with E-state index in [1.165, 1.54) is 0 Å². The van der Waals surface area contributed by atoms with E-state index >= 15 is 0 Å². The van der Waals surface area contributed by atoms with Gasteiger partial charge < -0.3 is 5.73 Å². The van der Waals surface area contributed by atoms with Crippen LogP contribution in [0.5, 0.6) is 0 Å². The lowest BCUT2D eigenvalue weighted by atomic mass is 10.1. The molecule has 64 valence electrons. The van der Waals surface area contributed by atoms with Crippen LogP contribution in [0.2, 0.25) is 0 Å². The first-order valence-electron chi connectivity index (χ1n) is 3.91. The van der Waals surface area contributed by atoms with Gasteiger partial charge in [0.15, 0.2) is 0 Å². The van der Waals surface area contributed by atoms with E-state index in [2.05, 4.69) is 19.9 Å². The highest BCUT2D eigenvalue weighted by Gasteiger charge is 2.09. The molecule has 1 aromatic heterocycles. The van der Waals surface area contributed by atoms with Gasteiger partial charge in [0.2, 0.25) is 0 Å². The fourth-order valence-corrected chi connectivity index (χ4v) is 2.16. The molecule has 3 heteroatoms. The van der Waals surface area contributed by atoms with Crippen molar-refractivity contribution in [3.63, 3.8) is 0 Å². The molecule has 0 saturated carbocycles. The average molecular weight is 180 g/mol. The summed E-state index contributed by atoms with van der Waals surface area (Å²) in [7, 11) is 0. The molecular formula is C9H12N2S. The molecule has 12 heavy (non-hydrogen) atoms. The lowest BCUT2D eigenvalue weighted by molar-refractivity contribution is 0.653. The predicted octanol–water partition coefficient (Wildman–Crippen LogP) is 2.40. The van der Waals surface area contributed by atoms with Crippen molar-refractivity contribution >= 4 is 17.0 Å². The van der Waals surface area contributed by atoms with Gasteiger partial charge in [-0.3, -0.25) is 0 Å². The van der Waals surface area contributed by atoms with Gasteiger partial charge >= 0.3 is 0 Å². The molecule has 1 aromatic rings. The zero-order chi connectivity index (χ0) is 9.14. The van der Waals surface area contributed by atoms with Crippen molar-refractivity contribution in [2.75, 3.05) is 5.73 Å². The highest BCUT2D eigenvalue weighted by molar-refractivity contribution is 7.10. The van der Waals surface area contributed by atoms with Crippen molar-refractivity contribution < 1.29 is 0 Å². The van der Waals surface area contributed by atoms with E-state index in [4.69, 9.17) is 11.0 Å². The number of nitrogen functional groups attached to an aromatic ring is 1. The molecule has 0 spiro atoms. The molecule has 1 heterocycles. The first-order valence-corrected chi connectivity index (χ1v) is 4.79. The molecule has 0 unspecified atom stereocenters. The van der Waals surface area contributed by atoms with Crippen LogP contribution in [0.4, 0.5) is 5.69 Å². The minimum absolute atomic E-state index is 0.579. The number of hydrogen-bond acceptors (Lipinski definition) is 3. The molecule has 2 N–H and O–H groups in total. The van der Waals surface area contributed by atoms with Crippen LogP contribution in [-0.4, -0.2) is 0 Å². The zero-order valence-electron chi connectivity index (χ0n) is 7.29. The van der Waals surface area contributed by atoms with Gasteiger partial charge in [0.1, 0.15) is 6.07 Å². The first-order chi connectivity index (χ1) is 5.65. The Kier molecular flexibility index (Phi) is 2.72. The van der Waals surface area contributed by atoms with Gasteiger partial charge in [0, 0.05) is 10.3 Å². The van der Waals surface area contributed by atoms with Gasteiger partial charge in [0.25, 0.3) is 0 Å². The van der Waals surface area contributed by atoms with Crippen LogP contribution in [-0.2, 0) is 6.42 Å². The standard InChI is InChI=1S/C9H12N2S/c1-6(2)3-9-7(4-10)8(11)5-12-9/h5-6H,3,11H2,1-2H3. The summed E-state index contributed by atoms with van der Waals surface area (Å²) in [5, 5.41) is 10.6. The molecule has 1 rings (SSSR count). The second kappa shape index (κ2) is 3.59. The van der Waals surface area contributed by atoms with Crippen molar-refractivity contribution in [3.05, 3.63) is 15.8 Å². The highest BCUT2D eigenvalue weighted by atomic mass is 32.1. The van der Waals surface area contributed by atoms with E-state index < -0.39 is 0 Å². The van der Waals surface area contributed by atoms with Crippen molar-refractivity contribution in [1.82, 2.24) is 0 Å². The Labute approximate surface area is 76.6 Å². The van der Waals surface area contributed by atoms with Crippen LogP contribution in [0.25, 0.3) is 0 Å². The van der Waals surface area contributed by atoms with Crippen LogP contribution in [0.1, 0.15) is 24.3 Å². The maximum Gasteiger partial charge on any atom is 0.102 e. The number of nitrogens with zero attached hydrogens (tertiary/aromatic N) is 1. The fraction of sp³-hybridized carbons (Fsp3) is 0.444. The fourth-order valence-electron chi connectivity index (χ4n) is 1.06. The number of hydrogen-bond donors (Lipinski definition) is 1. The first kappa shape index (κ1) is 9.08. The van der Waals surface area contributed by atoms with Gasteiger partial charge in [0.05, 0.1) is 11.3 Å². The van der Waals surface area contributed by atoms with Crippen LogP contribution in [0.3, 0.4) is 0 Å². The van der Waals surface area contributed by atoms with E-state index in [1.807, 2.05) is 5.38 Å². The number of anilines is 1. The van der Waals surface area contributed by atoms with Gasteiger partial charge in [-0.2, -0.15) is 5.26 Å². The SMILES string of the molecule is CC(C)Cc1scc(N)c1C#N. The second-order valence-electron chi connectivity index (χ2n) is 3.20. The van der Waals surface area contributed by atoms with Crippen molar-refractivity contribution in [1.29, 1.82) is 5.26 Å². The summed E-state index contributed by atoms with van der Waals surface area (Å²) >= 11 is 1.58. The molecule has 0 aliphatic heterocycles. The van der Waals surface area contributed by atoms with E-state index in [1.54, 1.807) is 11.3 Å². The smallest absolute Gasteiger partial charge is 0.102 e. The second-order valence-corrected chi connectivity index (χ2v) is 4.16. The summed E-state index contributed by atoms with van der Waals surface area (Å²) in [5.41, 5.74) is 6.91. The van der Waals surface area contributed by atoms with Crippen LogP contribution >= 0.6 is 11.3 Å². The number of rotatable bonds is 2. The normalized spacial score (nSPS) is 10.2. The Balaban J connectivity index is 2.94. The lowest BCUT2D eigenvalue weighted by Gasteiger charge is -2.01. The monoisotopic (exact) mass is 180 g/mol. The summed E-state index contributed by atoms with van der Waals surface area (Å²) in [6.07, 6.45) is 0.949. The summed E-state index contributed by atoms with van der Waals surface area (Å²) in [6.45, 7) is 4.27. The van der Waals surface area contributed by atoms with E-state index in [9.17, 15) is 0 Å². The summed E-state index contributed by atoms with van der Waals surface area (Å²) < 4.78 is 0. The summed E-state index contributed by atoms with van der Waals surface area (Å²) in [4.78, 5) is 1.12. The highest BCUT2D eigenvalue weighted by Crippen LogP contribution is 2.26. The van der Waals surface area contributed by atoms with Crippen molar-refractivity contribution in [2.45, 2.75) is 20.3 Å². The molecule has 0 radical (unpaired) electrons. The Morgan fingerprint density at radius 3 is 2.83 bits per heavy atom. The van der Waals surface area contributed by atoms with Gasteiger partial charge in [-0.05, 0) is 12.3 Å². The van der Waals surface area contributed by atoms with E-state index in [-0.39, 0.29) is 0 Å². The maximum absolute atomic E-state index is 8.78. The Bertz CT molecular complexity index is 307. The van der Waals surface area contributed by atoms with E-state index in [0.717, 1.165) is 11.3 Å². The third-order valence-corrected chi connectivity index (χ3v) is 2.63. The molecule has 0 fully saturated rings. The molecule has 0 saturated heterocycles. The van der Waals surface area contributed by atoms with Crippen LogP contribution in [0, 0.1) is 17.2 Å². The van der Waals surface area contributed by atoms with Gasteiger partial charge in [-0.15, -0.1) is 11.3 Å². The van der Waals surface area contributed by atoms with Crippen molar-refractivity contribution in [3.8, 4) is 6.07 Å². The number of nitriles is 1. The predicted molar refractivity (Wildman–Crippen MR) is 52.0 cm³/mol. The third-order valence-electron chi connectivity index (χ3n) is 1.60. The molecule has 0 amide bonds. The quantitative estimate of drug-likeness (QED) is 0.759. The minimum atomic E-state index is 0.579. The molecule has 0 atom stereocenters. The molecule has 0 bridgehead atoms. The molecule has 0 aromatic carbocycles. The molecule has 0 aliphatic rings. The molecule has 0 aliphatic carbocycles. The summed E-state index contributed by atoms with van der Waals surface area (Å²) in [6, 6.07) is 2.13. The van der Waals surface area contributed by atoms with Crippen LogP contribution < -0.4 is 5.73 Å². The Morgan fingerprint density at radius 1 is 1.67 bits per heavy atom. The van der Waals surface area contributed by atoms with Crippen molar-refractivity contribution in [2.24, 2.45) is 5.92 Å². The maximum atomic E-state index is 8.78. The molecule has 2 nitrogen and oxygen atoms in total. The van der Waals surface area contributed by atoms with Crippen LogP contribution in [0.15, 0.2) is 5.38 Å². The topological polar surface area (TPSA) is 49.8 Å². The largest absolute Gasteiger partial charge is 0.397 e.